The molecule has 1 atom stereocenters. The van der Waals surface area contributed by atoms with E-state index in [0.29, 0.717) is 24.6 Å². The summed E-state index contributed by atoms with van der Waals surface area (Å²) in [7, 11) is 0. The Hall–Kier alpha value is -1.17. The first-order valence-electron chi connectivity index (χ1n) is 8.54. The monoisotopic (exact) mass is 357 g/mol. The number of halogens is 3. The Labute approximate surface area is 144 Å². The van der Waals surface area contributed by atoms with E-state index in [4.69, 9.17) is 0 Å². The molecule has 6 heteroatoms. The molecule has 1 unspecified atom stereocenters. The molecule has 1 aliphatic carbocycles. The molecule has 0 radical (unpaired) electrons. The number of hydrogen-bond donors (Lipinski definition) is 0. The Bertz CT molecular complexity index is 584. The first-order valence-corrected chi connectivity index (χ1v) is 9.59. The average molecular weight is 357 g/mol. The van der Waals surface area contributed by atoms with Crippen LogP contribution < -0.4 is 0 Å². The number of benzene rings is 1. The molecule has 24 heavy (non-hydrogen) atoms. The molecule has 0 spiro atoms. The van der Waals surface area contributed by atoms with Gasteiger partial charge in [-0.05, 0) is 24.0 Å². The molecule has 132 valence electrons. The van der Waals surface area contributed by atoms with Crippen molar-refractivity contribution >= 4 is 17.7 Å². The van der Waals surface area contributed by atoms with Crippen LogP contribution in [0.25, 0.3) is 0 Å². The number of carbonyl (C=O) groups is 1. The van der Waals surface area contributed by atoms with Gasteiger partial charge in [0.05, 0.1) is 5.56 Å². The Morgan fingerprint density at radius 2 is 1.92 bits per heavy atom. The second-order valence-electron chi connectivity index (χ2n) is 6.58. The third-order valence-corrected chi connectivity index (χ3v) is 6.23. The summed E-state index contributed by atoms with van der Waals surface area (Å²) in [4.78, 5) is 14.2. The number of nitrogens with zero attached hydrogens (tertiary/aromatic N) is 1. The first kappa shape index (κ1) is 17.6. The summed E-state index contributed by atoms with van der Waals surface area (Å²) in [6, 6.07) is 5.63. The van der Waals surface area contributed by atoms with Gasteiger partial charge in [0.1, 0.15) is 5.37 Å². The van der Waals surface area contributed by atoms with Crippen molar-refractivity contribution in [2.45, 2.75) is 50.1 Å². The number of rotatable bonds is 4. The fraction of sp³-hybridized carbons (Fsp3) is 0.611. The standard InChI is InChI=1S/C18H22F3NOS/c19-18(20,21)15-8-4-3-7-14(15)17-22(11-12-24-17)16(23)10-9-13-5-1-2-6-13/h3-4,7-8,13,17H,1-2,5-6,9-12H2. The van der Waals surface area contributed by atoms with Gasteiger partial charge in [-0.2, -0.15) is 13.2 Å². The minimum absolute atomic E-state index is 0.00567. The summed E-state index contributed by atoms with van der Waals surface area (Å²) in [5.74, 6) is 1.30. The molecule has 2 nitrogen and oxygen atoms in total. The molecule has 2 aliphatic rings. The fourth-order valence-electron chi connectivity index (χ4n) is 3.72. The molecule has 0 bridgehead atoms. The Morgan fingerprint density at radius 1 is 1.21 bits per heavy atom. The maximum atomic E-state index is 13.3. The number of alkyl halides is 3. The minimum Gasteiger partial charge on any atom is -0.326 e. The molecule has 0 N–H and O–H groups in total. The van der Waals surface area contributed by atoms with Crippen LogP contribution in [0.4, 0.5) is 13.2 Å². The topological polar surface area (TPSA) is 20.3 Å². The Kier molecular flexibility index (Phi) is 5.42. The van der Waals surface area contributed by atoms with Gasteiger partial charge in [0, 0.05) is 18.7 Å². The molecule has 1 aromatic rings. The van der Waals surface area contributed by atoms with E-state index in [2.05, 4.69) is 0 Å². The van der Waals surface area contributed by atoms with Crippen molar-refractivity contribution < 1.29 is 18.0 Å². The minimum atomic E-state index is -4.39. The van der Waals surface area contributed by atoms with E-state index < -0.39 is 17.1 Å². The van der Waals surface area contributed by atoms with E-state index in [9.17, 15) is 18.0 Å². The first-order chi connectivity index (χ1) is 11.5. The van der Waals surface area contributed by atoms with Crippen molar-refractivity contribution in [3.8, 4) is 0 Å². The summed E-state index contributed by atoms with van der Waals surface area (Å²) in [6.07, 6.45) is 1.77. The third-order valence-electron chi connectivity index (χ3n) is 4.98. The predicted octanol–water partition coefficient (Wildman–Crippen LogP) is 5.25. The number of carbonyl (C=O) groups excluding carboxylic acids is 1. The molecule has 0 aromatic heterocycles. The SMILES string of the molecule is O=C(CCC1CCCC1)N1CCSC1c1ccccc1C(F)(F)F. The van der Waals surface area contributed by atoms with Gasteiger partial charge >= 0.3 is 6.18 Å². The molecule has 1 saturated carbocycles. The van der Waals surface area contributed by atoms with Gasteiger partial charge < -0.3 is 4.90 Å². The van der Waals surface area contributed by atoms with E-state index in [0.717, 1.165) is 12.5 Å². The number of amides is 1. The Balaban J connectivity index is 1.72. The van der Waals surface area contributed by atoms with Crippen molar-refractivity contribution in [3.63, 3.8) is 0 Å². The lowest BCUT2D eigenvalue weighted by molar-refractivity contribution is -0.139. The maximum Gasteiger partial charge on any atom is 0.416 e. The van der Waals surface area contributed by atoms with Crippen LogP contribution >= 0.6 is 11.8 Å². The molecule has 1 amide bonds. The highest BCUT2D eigenvalue weighted by atomic mass is 32.2. The molecule has 1 aromatic carbocycles. The van der Waals surface area contributed by atoms with Crippen LogP contribution in [0.15, 0.2) is 24.3 Å². The summed E-state index contributed by atoms with van der Waals surface area (Å²) < 4.78 is 39.8. The average Bonchev–Trinajstić information content (AvgIpc) is 3.23. The second kappa shape index (κ2) is 7.38. The van der Waals surface area contributed by atoms with E-state index in [1.54, 1.807) is 11.0 Å². The predicted molar refractivity (Wildman–Crippen MR) is 89.5 cm³/mol. The smallest absolute Gasteiger partial charge is 0.326 e. The van der Waals surface area contributed by atoms with Crippen molar-refractivity contribution in [2.75, 3.05) is 12.3 Å². The molecular weight excluding hydrogens is 335 g/mol. The van der Waals surface area contributed by atoms with Gasteiger partial charge in [0.15, 0.2) is 0 Å². The van der Waals surface area contributed by atoms with Crippen molar-refractivity contribution in [1.29, 1.82) is 0 Å². The molecule has 3 rings (SSSR count). The Morgan fingerprint density at radius 3 is 2.62 bits per heavy atom. The van der Waals surface area contributed by atoms with Gasteiger partial charge in [0.25, 0.3) is 0 Å². The van der Waals surface area contributed by atoms with E-state index in [1.165, 1.54) is 49.6 Å². The van der Waals surface area contributed by atoms with Crippen LogP contribution in [0.3, 0.4) is 0 Å². The largest absolute Gasteiger partial charge is 0.416 e. The lowest BCUT2D eigenvalue weighted by Gasteiger charge is -2.27. The zero-order valence-electron chi connectivity index (χ0n) is 13.5. The van der Waals surface area contributed by atoms with Crippen LogP contribution in [-0.2, 0) is 11.0 Å². The zero-order chi connectivity index (χ0) is 17.2. The molecule has 1 heterocycles. The van der Waals surface area contributed by atoms with Crippen molar-refractivity contribution in [2.24, 2.45) is 5.92 Å². The quantitative estimate of drug-likeness (QED) is 0.733. The number of thioether (sulfide) groups is 1. The molecular formula is C18H22F3NOS. The van der Waals surface area contributed by atoms with E-state index in [-0.39, 0.29) is 11.5 Å². The highest BCUT2D eigenvalue weighted by Gasteiger charge is 2.39. The lowest BCUT2D eigenvalue weighted by atomic mass is 10.0. The van der Waals surface area contributed by atoms with Gasteiger partial charge in [-0.1, -0.05) is 43.9 Å². The fourth-order valence-corrected chi connectivity index (χ4v) is 5.04. The molecule has 2 fully saturated rings. The van der Waals surface area contributed by atoms with Crippen molar-refractivity contribution in [3.05, 3.63) is 35.4 Å². The van der Waals surface area contributed by atoms with E-state index >= 15 is 0 Å². The highest BCUT2D eigenvalue weighted by Crippen LogP contribution is 2.44. The number of hydrogen-bond acceptors (Lipinski definition) is 2. The van der Waals surface area contributed by atoms with Crippen molar-refractivity contribution in [1.82, 2.24) is 4.90 Å². The van der Waals surface area contributed by atoms with Crippen LogP contribution in [0, 0.1) is 5.92 Å². The normalized spacial score (nSPS) is 22.3. The summed E-state index contributed by atoms with van der Waals surface area (Å²) >= 11 is 1.43. The summed E-state index contributed by atoms with van der Waals surface area (Å²) in [6.45, 7) is 0.533. The van der Waals surface area contributed by atoms with Crippen LogP contribution in [0.5, 0.6) is 0 Å². The van der Waals surface area contributed by atoms with Crippen LogP contribution in [0.2, 0.25) is 0 Å². The van der Waals surface area contributed by atoms with Crippen LogP contribution in [0.1, 0.15) is 55.0 Å². The molecule has 1 saturated heterocycles. The van der Waals surface area contributed by atoms with Gasteiger partial charge in [0.2, 0.25) is 5.91 Å². The summed E-state index contributed by atoms with van der Waals surface area (Å²) in [5.41, 5.74) is -0.417. The van der Waals surface area contributed by atoms with Gasteiger partial charge in [-0.25, -0.2) is 0 Å². The highest BCUT2D eigenvalue weighted by molar-refractivity contribution is 7.99. The maximum absolute atomic E-state index is 13.3. The third kappa shape index (κ3) is 3.90. The van der Waals surface area contributed by atoms with E-state index in [1.807, 2.05) is 0 Å². The van der Waals surface area contributed by atoms with Crippen LogP contribution in [-0.4, -0.2) is 23.1 Å². The lowest BCUT2D eigenvalue weighted by Crippen LogP contribution is -2.31. The summed E-state index contributed by atoms with van der Waals surface area (Å²) in [5, 5.41) is -0.515. The van der Waals surface area contributed by atoms with Gasteiger partial charge in [-0.3, -0.25) is 4.79 Å². The molecule has 1 aliphatic heterocycles. The second-order valence-corrected chi connectivity index (χ2v) is 7.77. The van der Waals surface area contributed by atoms with Gasteiger partial charge in [-0.15, -0.1) is 11.8 Å². The zero-order valence-corrected chi connectivity index (χ0v) is 14.3.